The van der Waals surface area contributed by atoms with E-state index in [1.807, 2.05) is 0 Å². The lowest BCUT2D eigenvalue weighted by Gasteiger charge is -2.50. The van der Waals surface area contributed by atoms with Gasteiger partial charge in [-0.1, -0.05) is 18.6 Å². The zero-order chi connectivity index (χ0) is 16.0. The van der Waals surface area contributed by atoms with E-state index in [1.165, 1.54) is 18.6 Å². The van der Waals surface area contributed by atoms with E-state index in [9.17, 15) is 18.3 Å². The molecule has 2 aliphatic heterocycles. The molecule has 2 bridgehead atoms. The van der Waals surface area contributed by atoms with E-state index in [-0.39, 0.29) is 5.75 Å². The van der Waals surface area contributed by atoms with Gasteiger partial charge in [-0.2, -0.15) is 0 Å². The van der Waals surface area contributed by atoms with Crippen molar-refractivity contribution in [3.63, 3.8) is 0 Å². The van der Waals surface area contributed by atoms with Crippen LogP contribution >= 0.6 is 0 Å². The lowest BCUT2D eigenvalue weighted by atomic mass is 9.73. The van der Waals surface area contributed by atoms with Gasteiger partial charge in [-0.25, -0.2) is 0 Å². The molecule has 0 saturated carbocycles. The van der Waals surface area contributed by atoms with E-state index in [0.29, 0.717) is 30.5 Å². The number of hydrogen-bond donors (Lipinski definition) is 1. The van der Waals surface area contributed by atoms with Gasteiger partial charge in [0.25, 0.3) is 0 Å². The van der Waals surface area contributed by atoms with Crippen LogP contribution in [0.5, 0.6) is 5.75 Å². The van der Waals surface area contributed by atoms with E-state index < -0.39 is 12.0 Å². The smallest absolute Gasteiger partial charge is 0.406 e. The summed E-state index contributed by atoms with van der Waals surface area (Å²) in [7, 11) is 2.09. The Balaban J connectivity index is 1.78. The zero-order valence-electron chi connectivity index (χ0n) is 12.4. The van der Waals surface area contributed by atoms with E-state index in [2.05, 4.69) is 16.7 Å². The maximum absolute atomic E-state index is 12.2. The van der Waals surface area contributed by atoms with Gasteiger partial charge in [0.15, 0.2) is 0 Å². The summed E-state index contributed by atoms with van der Waals surface area (Å²) in [6.07, 6.45) is -0.148. The summed E-state index contributed by atoms with van der Waals surface area (Å²) in [5.41, 5.74) is -0.286. The molecule has 3 rings (SSSR count). The van der Waals surface area contributed by atoms with Crippen molar-refractivity contribution in [2.24, 2.45) is 0 Å². The van der Waals surface area contributed by atoms with Gasteiger partial charge in [-0.15, -0.1) is 13.2 Å². The fraction of sp³-hybridized carbons (Fsp3) is 0.625. The number of benzene rings is 1. The van der Waals surface area contributed by atoms with E-state index in [0.717, 1.165) is 12.8 Å². The molecular formula is C16H20F3NO2. The zero-order valence-corrected chi connectivity index (χ0v) is 12.4. The van der Waals surface area contributed by atoms with Crippen molar-refractivity contribution in [1.29, 1.82) is 0 Å². The molecule has 3 nitrogen and oxygen atoms in total. The van der Waals surface area contributed by atoms with Crippen LogP contribution in [-0.4, -0.2) is 35.5 Å². The molecule has 2 saturated heterocycles. The minimum absolute atomic E-state index is 0.257. The minimum Gasteiger partial charge on any atom is -0.406 e. The molecule has 122 valence electrons. The van der Waals surface area contributed by atoms with Crippen LogP contribution < -0.4 is 4.74 Å². The summed E-state index contributed by atoms with van der Waals surface area (Å²) in [6, 6.07) is 6.31. The molecule has 1 N–H and O–H groups in total. The molecule has 22 heavy (non-hydrogen) atoms. The Hall–Kier alpha value is -1.27. The van der Waals surface area contributed by atoms with Crippen LogP contribution in [0.25, 0.3) is 0 Å². The summed E-state index contributed by atoms with van der Waals surface area (Å²) < 4.78 is 40.5. The molecule has 6 heteroatoms. The normalized spacial score (nSPS) is 32.8. The van der Waals surface area contributed by atoms with E-state index >= 15 is 0 Å². The van der Waals surface area contributed by atoms with Crippen LogP contribution in [0.15, 0.2) is 24.3 Å². The van der Waals surface area contributed by atoms with Gasteiger partial charge in [-0.05, 0) is 50.4 Å². The van der Waals surface area contributed by atoms with Crippen molar-refractivity contribution in [3.05, 3.63) is 29.8 Å². The number of halogens is 3. The first kappa shape index (κ1) is 15.6. The molecule has 2 aliphatic rings. The molecular weight excluding hydrogens is 295 g/mol. The predicted octanol–water partition coefficient (Wildman–Crippen LogP) is 3.42. The second kappa shape index (κ2) is 5.42. The second-order valence-electron chi connectivity index (χ2n) is 6.42. The number of ether oxygens (including phenoxy) is 1. The van der Waals surface area contributed by atoms with Crippen LogP contribution in [0.1, 0.15) is 37.7 Å². The summed E-state index contributed by atoms with van der Waals surface area (Å²) in [4.78, 5) is 2.33. The Morgan fingerprint density at radius 1 is 1.14 bits per heavy atom. The minimum atomic E-state index is -4.69. The molecule has 0 spiro atoms. The van der Waals surface area contributed by atoms with Crippen molar-refractivity contribution in [3.8, 4) is 5.75 Å². The molecule has 2 fully saturated rings. The lowest BCUT2D eigenvalue weighted by Crippen LogP contribution is -2.55. The van der Waals surface area contributed by atoms with Gasteiger partial charge in [-0.3, -0.25) is 0 Å². The first-order chi connectivity index (χ1) is 10.3. The monoisotopic (exact) mass is 315 g/mol. The number of nitrogens with zero attached hydrogens (tertiary/aromatic N) is 1. The van der Waals surface area contributed by atoms with Crippen LogP contribution in [0.2, 0.25) is 0 Å². The highest BCUT2D eigenvalue weighted by atomic mass is 19.4. The fourth-order valence-electron chi connectivity index (χ4n) is 3.85. The van der Waals surface area contributed by atoms with Crippen LogP contribution in [0, 0.1) is 0 Å². The van der Waals surface area contributed by atoms with Crippen LogP contribution in [-0.2, 0) is 5.60 Å². The first-order valence-electron chi connectivity index (χ1n) is 7.57. The third-order valence-electron chi connectivity index (χ3n) is 5.00. The molecule has 2 atom stereocenters. The maximum atomic E-state index is 12.2. The summed E-state index contributed by atoms with van der Waals surface area (Å²) in [6.45, 7) is 0. The number of fused-ring (bicyclic) bond motifs is 2. The van der Waals surface area contributed by atoms with E-state index in [4.69, 9.17) is 0 Å². The number of piperidine rings is 2. The van der Waals surface area contributed by atoms with Crippen molar-refractivity contribution < 1.29 is 23.0 Å². The number of hydrogen-bond acceptors (Lipinski definition) is 3. The largest absolute Gasteiger partial charge is 0.573 e. The van der Waals surface area contributed by atoms with Crippen molar-refractivity contribution >= 4 is 0 Å². The highest BCUT2D eigenvalue weighted by molar-refractivity contribution is 5.32. The topological polar surface area (TPSA) is 32.7 Å². The molecule has 0 amide bonds. The third kappa shape index (κ3) is 3.08. The molecule has 0 aliphatic carbocycles. The molecule has 2 heterocycles. The Morgan fingerprint density at radius 3 is 2.18 bits per heavy atom. The average Bonchev–Trinajstić information content (AvgIpc) is 2.40. The van der Waals surface area contributed by atoms with Gasteiger partial charge in [0, 0.05) is 12.1 Å². The molecule has 1 aromatic rings. The lowest BCUT2D eigenvalue weighted by molar-refractivity contribution is -0.274. The number of rotatable bonds is 2. The predicted molar refractivity (Wildman–Crippen MR) is 75.4 cm³/mol. The van der Waals surface area contributed by atoms with E-state index in [1.54, 1.807) is 12.1 Å². The van der Waals surface area contributed by atoms with Gasteiger partial charge in [0.05, 0.1) is 5.60 Å². The van der Waals surface area contributed by atoms with Crippen LogP contribution in [0.4, 0.5) is 13.2 Å². The Morgan fingerprint density at radius 2 is 1.68 bits per heavy atom. The van der Waals surface area contributed by atoms with Crippen molar-refractivity contribution in [2.45, 2.75) is 56.2 Å². The Kier molecular flexibility index (Phi) is 3.85. The van der Waals surface area contributed by atoms with Gasteiger partial charge in [0.1, 0.15) is 5.75 Å². The highest BCUT2D eigenvalue weighted by Crippen LogP contribution is 2.43. The standard InChI is InChI=1S/C16H20F3NO2/c1-20-12-3-2-4-13(20)10-15(21,9-12)11-5-7-14(8-6-11)22-16(17,18)19/h5-8,12-13,21H,2-4,9-10H2,1H3. The average molecular weight is 315 g/mol. The third-order valence-corrected chi connectivity index (χ3v) is 5.00. The summed E-state index contributed by atoms with van der Waals surface area (Å²) in [5.74, 6) is -0.257. The molecule has 1 aromatic carbocycles. The molecule has 0 aromatic heterocycles. The molecule has 2 unspecified atom stereocenters. The van der Waals surface area contributed by atoms with Crippen molar-refractivity contribution in [1.82, 2.24) is 4.90 Å². The molecule has 0 radical (unpaired) electrons. The first-order valence-corrected chi connectivity index (χ1v) is 7.57. The maximum Gasteiger partial charge on any atom is 0.573 e. The summed E-state index contributed by atoms with van der Waals surface area (Å²) in [5, 5.41) is 11.0. The van der Waals surface area contributed by atoms with Gasteiger partial charge < -0.3 is 14.7 Å². The quantitative estimate of drug-likeness (QED) is 0.908. The van der Waals surface area contributed by atoms with Gasteiger partial charge in [0.2, 0.25) is 0 Å². The summed E-state index contributed by atoms with van der Waals surface area (Å²) >= 11 is 0. The number of alkyl halides is 3. The number of aliphatic hydroxyl groups is 1. The van der Waals surface area contributed by atoms with Crippen LogP contribution in [0.3, 0.4) is 0 Å². The highest BCUT2D eigenvalue weighted by Gasteiger charge is 2.44. The Labute approximate surface area is 127 Å². The van der Waals surface area contributed by atoms with Crippen molar-refractivity contribution in [2.75, 3.05) is 7.05 Å². The second-order valence-corrected chi connectivity index (χ2v) is 6.42. The van der Waals surface area contributed by atoms with Gasteiger partial charge >= 0.3 is 6.36 Å². The fourth-order valence-corrected chi connectivity index (χ4v) is 3.85. The Bertz CT molecular complexity index is 515. The SMILES string of the molecule is CN1C2CCCC1CC(O)(c1ccc(OC(F)(F)F)cc1)C2.